The van der Waals surface area contributed by atoms with Gasteiger partial charge in [-0.2, -0.15) is 0 Å². The fourth-order valence-electron chi connectivity index (χ4n) is 3.70. The molecule has 1 heterocycles. The van der Waals surface area contributed by atoms with Crippen molar-refractivity contribution in [2.75, 3.05) is 11.9 Å². The lowest BCUT2D eigenvalue weighted by molar-refractivity contribution is 0.262. The predicted molar refractivity (Wildman–Crippen MR) is 76.8 cm³/mol. The van der Waals surface area contributed by atoms with Crippen molar-refractivity contribution in [1.82, 2.24) is 5.32 Å². The van der Waals surface area contributed by atoms with E-state index in [1.807, 2.05) is 0 Å². The molecule has 1 aliphatic carbocycles. The number of halogens is 2. The third-order valence-corrected chi connectivity index (χ3v) is 4.71. The number of hydrogen-bond acceptors (Lipinski definition) is 2. The van der Waals surface area contributed by atoms with E-state index >= 15 is 0 Å². The lowest BCUT2D eigenvalue weighted by Crippen LogP contribution is -2.43. The SMILES string of the molecule is Fc1ccc(NC2CCCCC2C2CCCN2)cc1F. The van der Waals surface area contributed by atoms with Gasteiger partial charge < -0.3 is 10.6 Å². The third-order valence-electron chi connectivity index (χ3n) is 4.71. The Labute approximate surface area is 118 Å². The molecule has 0 bridgehead atoms. The van der Waals surface area contributed by atoms with Crippen LogP contribution in [-0.4, -0.2) is 18.6 Å². The van der Waals surface area contributed by atoms with Crippen LogP contribution in [0.25, 0.3) is 0 Å². The van der Waals surface area contributed by atoms with Gasteiger partial charge in [-0.1, -0.05) is 12.8 Å². The zero-order valence-electron chi connectivity index (χ0n) is 11.7. The van der Waals surface area contributed by atoms with Crippen molar-refractivity contribution in [3.8, 4) is 0 Å². The highest BCUT2D eigenvalue weighted by molar-refractivity contribution is 5.44. The fourth-order valence-corrected chi connectivity index (χ4v) is 3.70. The summed E-state index contributed by atoms with van der Waals surface area (Å²) in [4.78, 5) is 0. The molecule has 3 unspecified atom stereocenters. The maximum absolute atomic E-state index is 13.3. The molecule has 1 aromatic rings. The summed E-state index contributed by atoms with van der Waals surface area (Å²) in [5, 5.41) is 7.02. The monoisotopic (exact) mass is 280 g/mol. The largest absolute Gasteiger partial charge is 0.382 e. The van der Waals surface area contributed by atoms with Gasteiger partial charge in [0.25, 0.3) is 0 Å². The molecule has 2 nitrogen and oxygen atoms in total. The van der Waals surface area contributed by atoms with Crippen LogP contribution in [-0.2, 0) is 0 Å². The Bertz CT molecular complexity index is 458. The Morgan fingerprint density at radius 3 is 2.60 bits per heavy atom. The van der Waals surface area contributed by atoms with Crippen molar-refractivity contribution in [2.24, 2.45) is 5.92 Å². The zero-order valence-corrected chi connectivity index (χ0v) is 11.7. The van der Waals surface area contributed by atoms with E-state index in [4.69, 9.17) is 0 Å². The molecule has 1 saturated carbocycles. The number of rotatable bonds is 3. The van der Waals surface area contributed by atoms with Crippen molar-refractivity contribution in [3.05, 3.63) is 29.8 Å². The molecule has 2 aliphatic rings. The van der Waals surface area contributed by atoms with Crippen molar-refractivity contribution in [2.45, 2.75) is 50.6 Å². The minimum atomic E-state index is -0.784. The number of nitrogens with one attached hydrogen (secondary N) is 2. The summed E-state index contributed by atoms with van der Waals surface area (Å²) in [6, 6.07) is 5.04. The smallest absolute Gasteiger partial charge is 0.160 e. The maximum atomic E-state index is 13.3. The van der Waals surface area contributed by atoms with E-state index in [9.17, 15) is 8.78 Å². The minimum Gasteiger partial charge on any atom is -0.382 e. The number of hydrogen-bond donors (Lipinski definition) is 2. The Balaban J connectivity index is 1.71. The van der Waals surface area contributed by atoms with Crippen molar-refractivity contribution in [1.29, 1.82) is 0 Å². The molecule has 4 heteroatoms. The predicted octanol–water partition coefficient (Wildman–Crippen LogP) is 3.69. The summed E-state index contributed by atoms with van der Waals surface area (Å²) in [7, 11) is 0. The van der Waals surface area contributed by atoms with Crippen LogP contribution in [0.4, 0.5) is 14.5 Å². The lowest BCUT2D eigenvalue weighted by atomic mass is 9.79. The van der Waals surface area contributed by atoms with E-state index in [0.717, 1.165) is 13.0 Å². The molecule has 20 heavy (non-hydrogen) atoms. The van der Waals surface area contributed by atoms with Gasteiger partial charge in [0.05, 0.1) is 0 Å². The van der Waals surface area contributed by atoms with E-state index in [0.29, 0.717) is 23.7 Å². The molecule has 3 atom stereocenters. The van der Waals surface area contributed by atoms with Crippen LogP contribution in [0.1, 0.15) is 38.5 Å². The lowest BCUT2D eigenvalue weighted by Gasteiger charge is -2.36. The molecule has 2 N–H and O–H groups in total. The van der Waals surface area contributed by atoms with Crippen LogP contribution in [0.2, 0.25) is 0 Å². The first kappa shape index (κ1) is 13.8. The van der Waals surface area contributed by atoms with Crippen LogP contribution >= 0.6 is 0 Å². The summed E-state index contributed by atoms with van der Waals surface area (Å²) in [5.41, 5.74) is 0.693. The molecule has 1 saturated heterocycles. The van der Waals surface area contributed by atoms with Gasteiger partial charge >= 0.3 is 0 Å². The maximum Gasteiger partial charge on any atom is 0.160 e. The van der Waals surface area contributed by atoms with Gasteiger partial charge in [-0.05, 0) is 50.3 Å². The molecular formula is C16H22F2N2. The minimum absolute atomic E-state index is 0.365. The number of benzene rings is 1. The first-order chi connectivity index (χ1) is 9.74. The molecule has 0 aromatic heterocycles. The first-order valence-corrected chi connectivity index (χ1v) is 7.69. The first-order valence-electron chi connectivity index (χ1n) is 7.69. The topological polar surface area (TPSA) is 24.1 Å². The normalized spacial score (nSPS) is 30.4. The van der Waals surface area contributed by atoms with E-state index in [-0.39, 0.29) is 0 Å². The van der Waals surface area contributed by atoms with E-state index in [1.54, 1.807) is 6.07 Å². The average molecular weight is 280 g/mol. The average Bonchev–Trinajstić information content (AvgIpc) is 2.97. The Kier molecular flexibility index (Phi) is 4.20. The van der Waals surface area contributed by atoms with E-state index < -0.39 is 11.6 Å². The highest BCUT2D eigenvalue weighted by Gasteiger charge is 2.33. The molecular weight excluding hydrogens is 258 g/mol. The second-order valence-electron chi connectivity index (χ2n) is 6.03. The molecule has 2 fully saturated rings. The second-order valence-corrected chi connectivity index (χ2v) is 6.03. The Morgan fingerprint density at radius 1 is 1.00 bits per heavy atom. The molecule has 1 aromatic carbocycles. The molecule has 110 valence electrons. The van der Waals surface area contributed by atoms with Gasteiger partial charge in [-0.3, -0.25) is 0 Å². The van der Waals surface area contributed by atoms with E-state index in [2.05, 4.69) is 10.6 Å². The molecule has 0 radical (unpaired) electrons. The fraction of sp³-hybridized carbons (Fsp3) is 0.625. The number of anilines is 1. The summed E-state index contributed by atoms with van der Waals surface area (Å²) in [6.45, 7) is 1.11. The van der Waals surface area contributed by atoms with Crippen LogP contribution in [0, 0.1) is 17.6 Å². The summed E-state index contributed by atoms with van der Waals surface area (Å²) in [6.07, 6.45) is 7.31. The van der Waals surface area contributed by atoms with Crippen LogP contribution in [0.15, 0.2) is 18.2 Å². The molecule has 3 rings (SSSR count). The van der Waals surface area contributed by atoms with Crippen LogP contribution in [0.5, 0.6) is 0 Å². The Morgan fingerprint density at radius 2 is 1.85 bits per heavy atom. The van der Waals surface area contributed by atoms with Gasteiger partial charge in [0.15, 0.2) is 11.6 Å². The van der Waals surface area contributed by atoms with Gasteiger partial charge in [0.1, 0.15) is 0 Å². The molecule has 1 aliphatic heterocycles. The highest BCUT2D eigenvalue weighted by atomic mass is 19.2. The zero-order chi connectivity index (χ0) is 13.9. The van der Waals surface area contributed by atoms with Crippen molar-refractivity contribution in [3.63, 3.8) is 0 Å². The summed E-state index contributed by atoms with van der Waals surface area (Å²) in [5.74, 6) is -0.964. The van der Waals surface area contributed by atoms with Crippen LogP contribution in [0.3, 0.4) is 0 Å². The second kappa shape index (κ2) is 6.08. The van der Waals surface area contributed by atoms with Crippen molar-refractivity contribution >= 4 is 5.69 Å². The third kappa shape index (κ3) is 2.95. The quantitative estimate of drug-likeness (QED) is 0.882. The van der Waals surface area contributed by atoms with E-state index in [1.165, 1.54) is 44.2 Å². The van der Waals surface area contributed by atoms with Gasteiger partial charge in [0.2, 0.25) is 0 Å². The Hall–Kier alpha value is -1.16. The molecule has 0 amide bonds. The van der Waals surface area contributed by atoms with Crippen LogP contribution < -0.4 is 10.6 Å². The van der Waals surface area contributed by atoms with Crippen molar-refractivity contribution < 1.29 is 8.78 Å². The summed E-state index contributed by atoms with van der Waals surface area (Å²) < 4.78 is 26.3. The standard InChI is InChI=1S/C16H22F2N2/c17-13-8-7-11(10-14(13)18)20-16-5-2-1-4-12(16)15-6-3-9-19-15/h7-8,10,12,15-16,19-20H,1-6,9H2. The summed E-state index contributed by atoms with van der Waals surface area (Å²) >= 11 is 0. The molecule has 0 spiro atoms. The van der Waals surface area contributed by atoms with Gasteiger partial charge in [-0.25, -0.2) is 8.78 Å². The van der Waals surface area contributed by atoms with Gasteiger partial charge in [-0.15, -0.1) is 0 Å². The highest BCUT2D eigenvalue weighted by Crippen LogP contribution is 2.32. The van der Waals surface area contributed by atoms with Gasteiger partial charge in [0, 0.05) is 23.8 Å².